The third kappa shape index (κ3) is 5.31. The predicted octanol–water partition coefficient (Wildman–Crippen LogP) is 4.19. The average molecular weight is 413 g/mol. The number of fused-ring (bicyclic) bond motifs is 1. The standard InChI is InChI=1S/C19H29ClN2O4Si/c1-6-13(17(20)23)16-14-7-8-22(12-26-9-10-27(3,4)5)18(14)21-11-15(16)19(24)25-2/h7-8,11,13,17,23H,6,9-10,12H2,1-5H3/t13?,17-/m1/s1. The van der Waals surface area contributed by atoms with Crippen LogP contribution in [0.4, 0.5) is 0 Å². The van der Waals surface area contributed by atoms with E-state index in [0.29, 0.717) is 36.5 Å². The Labute approximate surface area is 166 Å². The summed E-state index contributed by atoms with van der Waals surface area (Å²) in [5.41, 5.74) is 0.577. The molecule has 2 aromatic heterocycles. The van der Waals surface area contributed by atoms with Gasteiger partial charge in [0.1, 0.15) is 17.9 Å². The lowest BCUT2D eigenvalue weighted by atomic mass is 9.91. The molecule has 150 valence electrons. The van der Waals surface area contributed by atoms with E-state index in [9.17, 15) is 9.90 Å². The van der Waals surface area contributed by atoms with Gasteiger partial charge in [0.15, 0.2) is 0 Å². The molecule has 0 fully saturated rings. The van der Waals surface area contributed by atoms with Crippen LogP contribution in [-0.4, -0.2) is 48.0 Å². The molecule has 0 saturated carbocycles. The number of hydrogen-bond donors (Lipinski definition) is 1. The minimum atomic E-state index is -1.14. The maximum absolute atomic E-state index is 12.2. The molecular weight excluding hydrogens is 384 g/mol. The zero-order valence-corrected chi connectivity index (χ0v) is 18.4. The van der Waals surface area contributed by atoms with Crippen molar-refractivity contribution >= 4 is 36.7 Å². The molecule has 0 amide bonds. The number of esters is 1. The zero-order valence-electron chi connectivity index (χ0n) is 16.7. The maximum Gasteiger partial charge on any atom is 0.339 e. The molecule has 0 aromatic carbocycles. The van der Waals surface area contributed by atoms with E-state index in [1.165, 1.54) is 13.3 Å². The molecule has 2 rings (SSSR count). The van der Waals surface area contributed by atoms with E-state index in [0.717, 1.165) is 11.4 Å². The van der Waals surface area contributed by atoms with E-state index < -0.39 is 25.5 Å². The minimum absolute atomic E-state index is 0.328. The quantitative estimate of drug-likeness (QED) is 0.289. The number of alkyl halides is 1. The van der Waals surface area contributed by atoms with Crippen LogP contribution in [0.5, 0.6) is 0 Å². The van der Waals surface area contributed by atoms with Gasteiger partial charge in [-0.3, -0.25) is 0 Å². The first-order valence-corrected chi connectivity index (χ1v) is 13.3. The van der Waals surface area contributed by atoms with E-state index >= 15 is 0 Å². The van der Waals surface area contributed by atoms with Crippen molar-refractivity contribution in [2.45, 2.75) is 57.2 Å². The number of ether oxygens (including phenoxy) is 2. The number of aromatic nitrogens is 2. The van der Waals surface area contributed by atoms with Crippen molar-refractivity contribution in [2.75, 3.05) is 13.7 Å². The summed E-state index contributed by atoms with van der Waals surface area (Å²) >= 11 is 6.01. The summed E-state index contributed by atoms with van der Waals surface area (Å²) in [7, 11) is 0.183. The molecular formula is C19H29ClN2O4Si. The lowest BCUT2D eigenvalue weighted by Crippen LogP contribution is -2.22. The summed E-state index contributed by atoms with van der Waals surface area (Å²) in [6.07, 6.45) is 3.94. The Hall–Kier alpha value is -1.41. The lowest BCUT2D eigenvalue weighted by Gasteiger charge is -2.20. The second-order valence-electron chi connectivity index (χ2n) is 7.84. The fourth-order valence-corrected chi connectivity index (χ4v) is 4.07. The molecule has 0 aliphatic rings. The highest BCUT2D eigenvalue weighted by atomic mass is 35.5. The van der Waals surface area contributed by atoms with Crippen molar-refractivity contribution in [2.24, 2.45) is 0 Å². The summed E-state index contributed by atoms with van der Waals surface area (Å²) in [6.45, 7) is 9.95. The van der Waals surface area contributed by atoms with Crippen molar-refractivity contribution in [1.29, 1.82) is 0 Å². The SMILES string of the molecule is CCC(c1c(C(=O)OC)cnc2c1ccn2COCC[Si](C)(C)C)[C@@H](O)Cl. The number of hydrogen-bond acceptors (Lipinski definition) is 5. The van der Waals surface area contributed by atoms with Crippen LogP contribution in [-0.2, 0) is 16.2 Å². The van der Waals surface area contributed by atoms with E-state index in [2.05, 4.69) is 24.6 Å². The van der Waals surface area contributed by atoms with Gasteiger partial charge in [-0.1, -0.05) is 38.2 Å². The molecule has 6 nitrogen and oxygen atoms in total. The Bertz CT molecular complexity index is 786. The van der Waals surface area contributed by atoms with Gasteiger partial charge in [0.05, 0.1) is 12.7 Å². The predicted molar refractivity (Wildman–Crippen MR) is 110 cm³/mol. The monoisotopic (exact) mass is 412 g/mol. The van der Waals surface area contributed by atoms with Gasteiger partial charge < -0.3 is 19.1 Å². The number of methoxy groups -OCH3 is 1. The van der Waals surface area contributed by atoms with Crippen LogP contribution in [0.3, 0.4) is 0 Å². The van der Waals surface area contributed by atoms with Crippen molar-refractivity contribution in [3.63, 3.8) is 0 Å². The molecule has 2 heterocycles. The third-order valence-electron chi connectivity index (χ3n) is 4.61. The third-order valence-corrected chi connectivity index (χ3v) is 6.61. The summed E-state index contributed by atoms with van der Waals surface area (Å²) in [5.74, 6) is -0.899. The molecule has 27 heavy (non-hydrogen) atoms. The van der Waals surface area contributed by atoms with Gasteiger partial charge in [0.25, 0.3) is 0 Å². The van der Waals surface area contributed by atoms with E-state index in [-0.39, 0.29) is 0 Å². The molecule has 0 aliphatic heterocycles. The van der Waals surface area contributed by atoms with Crippen molar-refractivity contribution < 1.29 is 19.4 Å². The van der Waals surface area contributed by atoms with Crippen molar-refractivity contribution in [1.82, 2.24) is 9.55 Å². The number of halogens is 1. The number of rotatable bonds is 9. The molecule has 0 spiro atoms. The number of carbonyl (C=O) groups is 1. The first-order valence-electron chi connectivity index (χ1n) is 9.15. The van der Waals surface area contributed by atoms with E-state index in [1.807, 2.05) is 23.8 Å². The number of carbonyl (C=O) groups excluding carboxylic acids is 1. The van der Waals surface area contributed by atoms with Gasteiger partial charge in [0, 0.05) is 38.4 Å². The summed E-state index contributed by atoms with van der Waals surface area (Å²) in [4.78, 5) is 16.7. The number of pyridine rings is 1. The molecule has 0 saturated heterocycles. The topological polar surface area (TPSA) is 73.6 Å². The van der Waals surface area contributed by atoms with Gasteiger partial charge >= 0.3 is 5.97 Å². The Balaban J connectivity index is 2.39. The molecule has 2 atom stereocenters. The van der Waals surface area contributed by atoms with Crippen LogP contribution in [0.1, 0.15) is 35.2 Å². The first kappa shape index (κ1) is 21.9. The Kier molecular flexibility index (Phi) is 7.45. The summed E-state index contributed by atoms with van der Waals surface area (Å²) < 4.78 is 12.6. The maximum atomic E-state index is 12.2. The van der Waals surface area contributed by atoms with Crippen molar-refractivity contribution in [3.05, 3.63) is 29.6 Å². The Morgan fingerprint density at radius 1 is 1.41 bits per heavy atom. The van der Waals surface area contributed by atoms with Crippen LogP contribution in [0, 0.1) is 0 Å². The molecule has 1 unspecified atom stereocenters. The average Bonchev–Trinajstić information content (AvgIpc) is 3.01. The van der Waals surface area contributed by atoms with E-state index in [4.69, 9.17) is 21.1 Å². The fourth-order valence-electron chi connectivity index (χ4n) is 3.01. The highest BCUT2D eigenvalue weighted by Crippen LogP contribution is 2.34. The largest absolute Gasteiger partial charge is 0.465 e. The number of aliphatic hydroxyl groups is 1. The zero-order chi connectivity index (χ0) is 20.2. The highest BCUT2D eigenvalue weighted by Gasteiger charge is 2.27. The minimum Gasteiger partial charge on any atom is -0.465 e. The van der Waals surface area contributed by atoms with Crippen LogP contribution in [0.25, 0.3) is 11.0 Å². The lowest BCUT2D eigenvalue weighted by molar-refractivity contribution is 0.0598. The fraction of sp³-hybridized carbons (Fsp3) is 0.579. The van der Waals surface area contributed by atoms with E-state index in [1.54, 1.807) is 0 Å². The normalized spacial score (nSPS) is 14.3. The van der Waals surface area contributed by atoms with Gasteiger partial charge in [-0.2, -0.15) is 0 Å². The Morgan fingerprint density at radius 3 is 2.67 bits per heavy atom. The molecule has 0 radical (unpaired) electrons. The van der Waals surface area contributed by atoms with Crippen LogP contribution in [0.2, 0.25) is 25.7 Å². The number of nitrogens with zero attached hydrogens (tertiary/aromatic N) is 2. The van der Waals surface area contributed by atoms with Crippen LogP contribution >= 0.6 is 11.6 Å². The molecule has 1 N–H and O–H groups in total. The van der Waals surface area contributed by atoms with Crippen molar-refractivity contribution in [3.8, 4) is 0 Å². The molecule has 2 aromatic rings. The first-order chi connectivity index (χ1) is 12.7. The van der Waals surface area contributed by atoms with Gasteiger partial charge in [-0.05, 0) is 24.1 Å². The van der Waals surface area contributed by atoms with Gasteiger partial charge in [-0.25, -0.2) is 9.78 Å². The highest BCUT2D eigenvalue weighted by molar-refractivity contribution is 6.76. The molecule has 0 bridgehead atoms. The second kappa shape index (κ2) is 9.19. The Morgan fingerprint density at radius 2 is 2.11 bits per heavy atom. The second-order valence-corrected chi connectivity index (χ2v) is 13.9. The van der Waals surface area contributed by atoms with Gasteiger partial charge in [-0.15, -0.1) is 0 Å². The van der Waals surface area contributed by atoms with Gasteiger partial charge in [0.2, 0.25) is 0 Å². The molecule has 8 heteroatoms. The molecule has 0 aliphatic carbocycles. The summed E-state index contributed by atoms with van der Waals surface area (Å²) in [5, 5.41) is 10.8. The van der Waals surface area contributed by atoms with Crippen LogP contribution in [0.15, 0.2) is 18.5 Å². The summed E-state index contributed by atoms with van der Waals surface area (Å²) in [6, 6.07) is 2.97. The smallest absolute Gasteiger partial charge is 0.339 e. The number of aliphatic hydroxyl groups excluding tert-OH is 1. The van der Waals surface area contributed by atoms with Crippen LogP contribution < -0.4 is 0 Å².